The lowest BCUT2D eigenvalue weighted by molar-refractivity contribution is -0.142. The largest absolute Gasteiger partial charge is 0.484 e. The van der Waals surface area contributed by atoms with Gasteiger partial charge in [0, 0.05) is 13.1 Å². The Hall–Kier alpha value is -2.82. The van der Waals surface area contributed by atoms with E-state index in [1.807, 2.05) is 54.6 Å². The van der Waals surface area contributed by atoms with Gasteiger partial charge < -0.3 is 14.4 Å². The van der Waals surface area contributed by atoms with Crippen LogP contribution in [0.1, 0.15) is 24.5 Å². The first-order chi connectivity index (χ1) is 13.1. The summed E-state index contributed by atoms with van der Waals surface area (Å²) >= 11 is 0. The molecule has 0 saturated carbocycles. The molecule has 0 aromatic heterocycles. The van der Waals surface area contributed by atoms with Gasteiger partial charge in [-0.1, -0.05) is 49.4 Å². The number of carbonyl (C=O) groups excluding carboxylic acids is 2. The Labute approximate surface area is 160 Å². The Balaban J connectivity index is 1.92. The summed E-state index contributed by atoms with van der Waals surface area (Å²) in [6, 6.07) is 17.7. The number of ether oxygens (including phenoxy) is 2. The number of amides is 1. The fourth-order valence-electron chi connectivity index (χ4n) is 2.66. The van der Waals surface area contributed by atoms with Crippen molar-refractivity contribution in [3.63, 3.8) is 0 Å². The minimum absolute atomic E-state index is 0.0541. The molecular formula is C22H27NO4. The third-order valence-electron chi connectivity index (χ3n) is 4.37. The Morgan fingerprint density at radius 2 is 1.63 bits per heavy atom. The molecule has 0 bridgehead atoms. The van der Waals surface area contributed by atoms with Crippen LogP contribution in [0.5, 0.6) is 5.75 Å². The van der Waals surface area contributed by atoms with Crippen molar-refractivity contribution in [2.45, 2.75) is 26.2 Å². The van der Waals surface area contributed by atoms with Crippen molar-refractivity contribution in [2.24, 2.45) is 0 Å². The van der Waals surface area contributed by atoms with Crippen LogP contribution < -0.4 is 4.74 Å². The maximum atomic E-state index is 12.6. The van der Waals surface area contributed by atoms with Gasteiger partial charge >= 0.3 is 5.97 Å². The molecule has 0 fully saturated rings. The number of carbonyl (C=O) groups is 2. The average Bonchev–Trinajstić information content (AvgIpc) is 2.72. The highest BCUT2D eigenvalue weighted by Crippen LogP contribution is 2.13. The molecule has 0 aliphatic carbocycles. The fraction of sp³-hybridized carbons (Fsp3) is 0.364. The van der Waals surface area contributed by atoms with Crippen LogP contribution in [0.3, 0.4) is 0 Å². The van der Waals surface area contributed by atoms with Crippen molar-refractivity contribution in [2.75, 3.05) is 26.8 Å². The summed E-state index contributed by atoms with van der Waals surface area (Å²) in [6.45, 7) is 2.88. The third kappa shape index (κ3) is 7.13. The number of nitrogens with zero attached hydrogens (tertiary/aromatic N) is 1. The standard InChI is InChI=1S/C22H27NO4/c1-3-18-9-11-20(12-10-18)27-17-21(24)23(16-14-22(25)26-2)15-13-19-7-5-4-6-8-19/h4-12H,3,13-17H2,1-2H3. The maximum Gasteiger partial charge on any atom is 0.307 e. The monoisotopic (exact) mass is 369 g/mol. The number of benzene rings is 2. The maximum absolute atomic E-state index is 12.6. The zero-order valence-corrected chi connectivity index (χ0v) is 16.0. The Bertz CT molecular complexity index is 713. The number of rotatable bonds is 10. The normalized spacial score (nSPS) is 10.3. The summed E-state index contributed by atoms with van der Waals surface area (Å²) in [5, 5.41) is 0. The first-order valence-electron chi connectivity index (χ1n) is 9.22. The molecule has 144 valence electrons. The minimum Gasteiger partial charge on any atom is -0.484 e. The molecule has 0 heterocycles. The van der Waals surface area contributed by atoms with Crippen molar-refractivity contribution in [3.8, 4) is 5.75 Å². The first kappa shape index (κ1) is 20.5. The molecular weight excluding hydrogens is 342 g/mol. The topological polar surface area (TPSA) is 55.8 Å². The summed E-state index contributed by atoms with van der Waals surface area (Å²) in [7, 11) is 1.35. The molecule has 0 saturated heterocycles. The molecule has 0 radical (unpaired) electrons. The van der Waals surface area contributed by atoms with Crippen LogP contribution >= 0.6 is 0 Å². The SMILES string of the molecule is CCc1ccc(OCC(=O)N(CCC(=O)OC)CCc2ccccc2)cc1. The van der Waals surface area contributed by atoms with Gasteiger partial charge in [-0.2, -0.15) is 0 Å². The second-order valence-corrected chi connectivity index (χ2v) is 6.23. The third-order valence-corrected chi connectivity index (χ3v) is 4.37. The van der Waals surface area contributed by atoms with Gasteiger partial charge in [0.25, 0.3) is 5.91 Å². The molecule has 0 aliphatic rings. The molecule has 0 spiro atoms. The Morgan fingerprint density at radius 3 is 2.26 bits per heavy atom. The van der Waals surface area contributed by atoms with Crippen LogP contribution in [-0.4, -0.2) is 43.6 Å². The van der Waals surface area contributed by atoms with E-state index in [1.54, 1.807) is 4.90 Å². The van der Waals surface area contributed by atoms with Crippen molar-refractivity contribution in [1.29, 1.82) is 0 Å². The number of esters is 1. The molecule has 0 atom stereocenters. The quantitative estimate of drug-likeness (QED) is 0.603. The lowest BCUT2D eigenvalue weighted by Crippen LogP contribution is -2.38. The summed E-state index contributed by atoms with van der Waals surface area (Å²) in [5.41, 5.74) is 2.36. The van der Waals surface area contributed by atoms with E-state index in [0.29, 0.717) is 18.8 Å². The van der Waals surface area contributed by atoms with Gasteiger partial charge in [-0.3, -0.25) is 9.59 Å². The molecule has 0 unspecified atom stereocenters. The lowest BCUT2D eigenvalue weighted by Gasteiger charge is -2.22. The van der Waals surface area contributed by atoms with Gasteiger partial charge in [0.1, 0.15) is 5.75 Å². The zero-order chi connectivity index (χ0) is 19.5. The van der Waals surface area contributed by atoms with E-state index in [0.717, 1.165) is 18.4 Å². The van der Waals surface area contributed by atoms with Gasteiger partial charge in [0.2, 0.25) is 0 Å². The fourth-order valence-corrected chi connectivity index (χ4v) is 2.66. The van der Waals surface area contributed by atoms with E-state index in [9.17, 15) is 9.59 Å². The van der Waals surface area contributed by atoms with Gasteiger partial charge in [0.15, 0.2) is 6.61 Å². The predicted molar refractivity (Wildman–Crippen MR) is 105 cm³/mol. The predicted octanol–water partition coefficient (Wildman–Crippen LogP) is 3.26. The average molecular weight is 369 g/mol. The van der Waals surface area contributed by atoms with Crippen LogP contribution in [0.15, 0.2) is 54.6 Å². The van der Waals surface area contributed by atoms with Gasteiger partial charge in [0.05, 0.1) is 13.5 Å². The van der Waals surface area contributed by atoms with E-state index in [1.165, 1.54) is 12.7 Å². The first-order valence-corrected chi connectivity index (χ1v) is 9.22. The van der Waals surface area contributed by atoms with E-state index in [-0.39, 0.29) is 24.9 Å². The van der Waals surface area contributed by atoms with Crippen LogP contribution in [0.2, 0.25) is 0 Å². The van der Waals surface area contributed by atoms with Gasteiger partial charge in [-0.05, 0) is 36.1 Å². The van der Waals surface area contributed by atoms with Crippen LogP contribution in [0, 0.1) is 0 Å². The summed E-state index contributed by atoms with van der Waals surface area (Å²) in [4.78, 5) is 25.7. The molecule has 0 aliphatic heterocycles. The molecule has 1 amide bonds. The lowest BCUT2D eigenvalue weighted by atomic mass is 10.1. The van der Waals surface area contributed by atoms with E-state index < -0.39 is 0 Å². The number of hydrogen-bond donors (Lipinski definition) is 0. The minimum atomic E-state index is -0.330. The van der Waals surface area contributed by atoms with Crippen LogP contribution in [0.4, 0.5) is 0 Å². The highest BCUT2D eigenvalue weighted by atomic mass is 16.5. The molecule has 0 N–H and O–H groups in total. The van der Waals surface area contributed by atoms with Crippen LogP contribution in [-0.2, 0) is 27.2 Å². The van der Waals surface area contributed by atoms with Crippen LogP contribution in [0.25, 0.3) is 0 Å². The number of methoxy groups -OCH3 is 1. The molecule has 2 rings (SSSR count). The molecule has 27 heavy (non-hydrogen) atoms. The van der Waals surface area contributed by atoms with Crippen molar-refractivity contribution in [1.82, 2.24) is 4.90 Å². The highest BCUT2D eigenvalue weighted by molar-refractivity contribution is 5.78. The van der Waals surface area contributed by atoms with E-state index in [4.69, 9.17) is 4.74 Å². The number of aryl methyl sites for hydroxylation is 1. The summed E-state index contributed by atoms with van der Waals surface area (Å²) < 4.78 is 10.3. The molecule has 2 aromatic rings. The van der Waals surface area contributed by atoms with Crippen molar-refractivity contribution in [3.05, 3.63) is 65.7 Å². The zero-order valence-electron chi connectivity index (χ0n) is 16.0. The smallest absolute Gasteiger partial charge is 0.307 e. The van der Waals surface area contributed by atoms with Gasteiger partial charge in [-0.15, -0.1) is 0 Å². The molecule has 5 nitrogen and oxygen atoms in total. The Morgan fingerprint density at radius 1 is 0.926 bits per heavy atom. The summed E-state index contributed by atoms with van der Waals surface area (Å²) in [6.07, 6.45) is 1.85. The highest BCUT2D eigenvalue weighted by Gasteiger charge is 2.16. The second kappa shape index (κ2) is 11.0. The molecule has 5 heteroatoms. The van der Waals surface area contributed by atoms with E-state index in [2.05, 4.69) is 11.7 Å². The number of hydrogen-bond acceptors (Lipinski definition) is 4. The molecule has 2 aromatic carbocycles. The second-order valence-electron chi connectivity index (χ2n) is 6.23. The van der Waals surface area contributed by atoms with Crippen molar-refractivity contribution >= 4 is 11.9 Å². The summed E-state index contributed by atoms with van der Waals surface area (Å²) in [5.74, 6) is 0.189. The van der Waals surface area contributed by atoms with E-state index >= 15 is 0 Å². The van der Waals surface area contributed by atoms with Crippen molar-refractivity contribution < 1.29 is 19.1 Å². The van der Waals surface area contributed by atoms with Gasteiger partial charge in [-0.25, -0.2) is 0 Å². The Kier molecular flexibility index (Phi) is 8.36.